The first-order chi connectivity index (χ1) is 8.65. The largest absolute Gasteiger partial charge is 0.458 e. The average molecular weight is 304 g/mol. The smallest absolute Gasteiger partial charge is 0.338 e. The third kappa shape index (κ3) is 5.01. The summed E-state index contributed by atoms with van der Waals surface area (Å²) >= 11 is 5.78. The molecule has 0 N–H and O–H groups in total. The number of esters is 1. The van der Waals surface area contributed by atoms with Crippen LogP contribution in [0.5, 0.6) is 0 Å². The number of carbonyl (C=O) groups excluding carboxylic acids is 1. The molecule has 1 saturated heterocycles. The summed E-state index contributed by atoms with van der Waals surface area (Å²) in [6, 6.07) is 6.77. The Morgan fingerprint density at radius 1 is 1.32 bits per heavy atom. The molecule has 1 aromatic rings. The molecule has 2 rings (SSSR count). The highest BCUT2D eigenvalue weighted by molar-refractivity contribution is 6.30. The van der Waals surface area contributed by atoms with Crippen LogP contribution in [0.25, 0.3) is 0 Å². The predicted molar refractivity (Wildman–Crippen MR) is 79.3 cm³/mol. The van der Waals surface area contributed by atoms with Gasteiger partial charge in [0.25, 0.3) is 0 Å². The summed E-state index contributed by atoms with van der Waals surface area (Å²) < 4.78 is 5.41. The van der Waals surface area contributed by atoms with Gasteiger partial charge < -0.3 is 4.74 Å². The molecule has 0 spiro atoms. The van der Waals surface area contributed by atoms with E-state index in [1.807, 2.05) is 6.92 Å². The van der Waals surface area contributed by atoms with Gasteiger partial charge in [0.15, 0.2) is 0 Å². The van der Waals surface area contributed by atoms with E-state index in [4.69, 9.17) is 16.3 Å². The van der Waals surface area contributed by atoms with Crippen LogP contribution in [0.15, 0.2) is 24.3 Å². The molecule has 106 valence electrons. The maximum Gasteiger partial charge on any atom is 0.338 e. The molecule has 1 aliphatic rings. The molecule has 1 fully saturated rings. The second-order valence-corrected chi connectivity index (χ2v) is 5.17. The van der Waals surface area contributed by atoms with Gasteiger partial charge in [0.2, 0.25) is 0 Å². The van der Waals surface area contributed by atoms with Gasteiger partial charge in [0.1, 0.15) is 6.10 Å². The third-order valence-corrected chi connectivity index (χ3v) is 3.35. The molecule has 1 atom stereocenters. The van der Waals surface area contributed by atoms with Crippen LogP contribution in [-0.2, 0) is 4.74 Å². The Morgan fingerprint density at radius 3 is 2.47 bits per heavy atom. The van der Waals surface area contributed by atoms with Crippen molar-refractivity contribution < 1.29 is 9.53 Å². The number of nitrogens with zero attached hydrogens (tertiary/aromatic N) is 1. The molecule has 0 amide bonds. The van der Waals surface area contributed by atoms with Gasteiger partial charge in [-0.25, -0.2) is 4.79 Å². The summed E-state index contributed by atoms with van der Waals surface area (Å²) in [5.41, 5.74) is 0.549. The number of halogens is 2. The lowest BCUT2D eigenvalue weighted by atomic mass is 10.2. The van der Waals surface area contributed by atoms with E-state index in [-0.39, 0.29) is 24.5 Å². The fourth-order valence-corrected chi connectivity index (χ4v) is 2.33. The minimum atomic E-state index is -0.279. The zero-order valence-electron chi connectivity index (χ0n) is 11.0. The zero-order chi connectivity index (χ0) is 13.0. The highest BCUT2D eigenvalue weighted by Gasteiger charge is 2.17. The fourth-order valence-electron chi connectivity index (χ4n) is 2.20. The summed E-state index contributed by atoms with van der Waals surface area (Å²) in [6.45, 7) is 4.98. The number of benzene rings is 1. The molecule has 5 heteroatoms. The van der Waals surface area contributed by atoms with Gasteiger partial charge in [-0.1, -0.05) is 11.6 Å². The van der Waals surface area contributed by atoms with E-state index in [2.05, 4.69) is 4.90 Å². The van der Waals surface area contributed by atoms with Gasteiger partial charge in [0.05, 0.1) is 5.56 Å². The fraction of sp³-hybridized carbons (Fsp3) is 0.500. The topological polar surface area (TPSA) is 29.5 Å². The Morgan fingerprint density at radius 2 is 1.89 bits per heavy atom. The SMILES string of the molecule is CC(CN1CCCC1)OC(=O)c1ccc(Cl)cc1.Cl. The molecule has 19 heavy (non-hydrogen) atoms. The molecule has 0 aromatic heterocycles. The van der Waals surface area contributed by atoms with Crippen molar-refractivity contribution >= 4 is 30.0 Å². The average Bonchev–Trinajstić information content (AvgIpc) is 2.82. The predicted octanol–water partition coefficient (Wildman–Crippen LogP) is 3.40. The molecule has 1 aliphatic heterocycles. The lowest BCUT2D eigenvalue weighted by Gasteiger charge is -2.20. The van der Waals surface area contributed by atoms with E-state index in [0.717, 1.165) is 19.6 Å². The van der Waals surface area contributed by atoms with Crippen LogP contribution >= 0.6 is 24.0 Å². The standard InChI is InChI=1S/C14H18ClNO2.ClH/c1-11(10-16-8-2-3-9-16)18-14(17)12-4-6-13(15)7-5-12;/h4-7,11H,2-3,8-10H2,1H3;1H. The summed E-state index contributed by atoms with van der Waals surface area (Å²) in [6.07, 6.45) is 2.42. The first-order valence-corrected chi connectivity index (χ1v) is 6.72. The van der Waals surface area contributed by atoms with Gasteiger partial charge in [-0.05, 0) is 57.1 Å². The number of rotatable bonds is 4. The summed E-state index contributed by atoms with van der Waals surface area (Å²) in [5, 5.41) is 0.622. The molecular weight excluding hydrogens is 285 g/mol. The Hall–Kier alpha value is -0.770. The quantitative estimate of drug-likeness (QED) is 0.798. The molecule has 1 aromatic carbocycles. The number of likely N-dealkylation sites (tertiary alicyclic amines) is 1. The molecule has 1 heterocycles. The lowest BCUT2D eigenvalue weighted by Crippen LogP contribution is -2.31. The normalized spacial score (nSPS) is 16.7. The zero-order valence-corrected chi connectivity index (χ0v) is 12.5. The second-order valence-electron chi connectivity index (χ2n) is 4.73. The Bertz CT molecular complexity index is 402. The van der Waals surface area contributed by atoms with E-state index in [1.165, 1.54) is 12.8 Å². The summed E-state index contributed by atoms with van der Waals surface area (Å²) in [4.78, 5) is 14.2. The van der Waals surface area contributed by atoms with Crippen LogP contribution in [0, 0.1) is 0 Å². The minimum absolute atomic E-state index is 0. The van der Waals surface area contributed by atoms with Crippen molar-refractivity contribution in [2.24, 2.45) is 0 Å². The van der Waals surface area contributed by atoms with E-state index >= 15 is 0 Å². The number of hydrogen-bond acceptors (Lipinski definition) is 3. The molecule has 0 aliphatic carbocycles. The van der Waals surface area contributed by atoms with Crippen LogP contribution in [-0.4, -0.2) is 36.6 Å². The van der Waals surface area contributed by atoms with E-state index < -0.39 is 0 Å². The van der Waals surface area contributed by atoms with E-state index in [1.54, 1.807) is 24.3 Å². The second kappa shape index (κ2) is 7.73. The number of carbonyl (C=O) groups is 1. The molecule has 1 unspecified atom stereocenters. The van der Waals surface area contributed by atoms with Crippen molar-refractivity contribution in [3.63, 3.8) is 0 Å². The first-order valence-electron chi connectivity index (χ1n) is 6.34. The summed E-state index contributed by atoms with van der Waals surface area (Å²) in [5.74, 6) is -0.279. The first kappa shape index (κ1) is 16.3. The Kier molecular flexibility index (Phi) is 6.63. The van der Waals surface area contributed by atoms with Crippen molar-refractivity contribution in [1.29, 1.82) is 0 Å². The van der Waals surface area contributed by atoms with Gasteiger partial charge in [0, 0.05) is 11.6 Å². The van der Waals surface area contributed by atoms with Crippen LogP contribution in [0.2, 0.25) is 5.02 Å². The maximum atomic E-state index is 11.9. The number of hydrogen-bond donors (Lipinski definition) is 0. The van der Waals surface area contributed by atoms with Crippen LogP contribution < -0.4 is 0 Å². The van der Waals surface area contributed by atoms with Crippen molar-refractivity contribution in [2.45, 2.75) is 25.9 Å². The number of ether oxygens (including phenoxy) is 1. The molecule has 0 bridgehead atoms. The molecule has 0 saturated carbocycles. The minimum Gasteiger partial charge on any atom is -0.458 e. The maximum absolute atomic E-state index is 11.9. The summed E-state index contributed by atoms with van der Waals surface area (Å²) in [7, 11) is 0. The van der Waals surface area contributed by atoms with Crippen LogP contribution in [0.4, 0.5) is 0 Å². The van der Waals surface area contributed by atoms with Crippen molar-refractivity contribution in [3.05, 3.63) is 34.9 Å². The molecule has 0 radical (unpaired) electrons. The van der Waals surface area contributed by atoms with Crippen LogP contribution in [0.1, 0.15) is 30.1 Å². The van der Waals surface area contributed by atoms with Gasteiger partial charge in [-0.15, -0.1) is 12.4 Å². The molecule has 3 nitrogen and oxygen atoms in total. The lowest BCUT2D eigenvalue weighted by molar-refractivity contribution is 0.0271. The van der Waals surface area contributed by atoms with Crippen molar-refractivity contribution in [3.8, 4) is 0 Å². The highest BCUT2D eigenvalue weighted by atomic mass is 35.5. The highest BCUT2D eigenvalue weighted by Crippen LogP contribution is 2.13. The van der Waals surface area contributed by atoms with Gasteiger partial charge >= 0.3 is 5.97 Å². The van der Waals surface area contributed by atoms with Crippen molar-refractivity contribution in [1.82, 2.24) is 4.90 Å². The van der Waals surface area contributed by atoms with E-state index in [9.17, 15) is 4.79 Å². The third-order valence-electron chi connectivity index (χ3n) is 3.10. The molecular formula is C14H19Cl2NO2. The van der Waals surface area contributed by atoms with Gasteiger partial charge in [-0.2, -0.15) is 0 Å². The van der Waals surface area contributed by atoms with Crippen LogP contribution in [0.3, 0.4) is 0 Å². The van der Waals surface area contributed by atoms with E-state index in [0.29, 0.717) is 10.6 Å². The Labute approximate surface area is 125 Å². The monoisotopic (exact) mass is 303 g/mol. The Balaban J connectivity index is 0.00000180. The van der Waals surface area contributed by atoms with Gasteiger partial charge in [-0.3, -0.25) is 4.90 Å². The van der Waals surface area contributed by atoms with Crippen molar-refractivity contribution in [2.75, 3.05) is 19.6 Å².